The third kappa shape index (κ3) is 4.34. The first-order valence-corrected chi connectivity index (χ1v) is 10.9. The van der Waals surface area contributed by atoms with E-state index in [-0.39, 0.29) is 24.0 Å². The molecule has 0 radical (unpaired) electrons. The summed E-state index contributed by atoms with van der Waals surface area (Å²) < 4.78 is 5.34. The molecule has 4 rings (SSSR count). The van der Waals surface area contributed by atoms with Crippen molar-refractivity contribution in [3.05, 3.63) is 53.6 Å². The Morgan fingerprint density at radius 3 is 2.77 bits per heavy atom. The Morgan fingerprint density at radius 2 is 2.00 bits per heavy atom. The number of ketones is 1. The maximum Gasteiger partial charge on any atom is 0.308 e. The molecule has 0 unspecified atom stereocenters. The zero-order valence-corrected chi connectivity index (χ0v) is 18.0. The van der Waals surface area contributed by atoms with E-state index in [0.717, 1.165) is 21.8 Å². The first-order valence-electron chi connectivity index (χ1n) is 10.0. The van der Waals surface area contributed by atoms with Crippen LogP contribution in [-0.2, 0) is 25.5 Å². The van der Waals surface area contributed by atoms with Crippen LogP contribution in [0.1, 0.15) is 36.2 Å². The summed E-state index contributed by atoms with van der Waals surface area (Å²) >= 11 is 1.31. The standard InChI is InChI=1S/C23H22N2O5S/c1-13(22(28)16-7-8-18-15(11-16)9-10-25(18)14(2)26)30-21(27)12-20-23(29)24-17-5-3-4-6-19(17)31-20/h3-8,11,13,20H,9-10,12H2,1-2H3,(H,24,29)/t13-,20+/m1/s1. The maximum absolute atomic E-state index is 12.8. The molecular formula is C23H22N2O5S. The van der Waals surface area contributed by atoms with E-state index in [1.165, 1.54) is 25.6 Å². The number of nitrogens with zero attached hydrogens (tertiary/aromatic N) is 1. The van der Waals surface area contributed by atoms with Crippen molar-refractivity contribution in [1.29, 1.82) is 0 Å². The highest BCUT2D eigenvalue weighted by Crippen LogP contribution is 2.36. The van der Waals surface area contributed by atoms with Crippen molar-refractivity contribution >= 4 is 46.7 Å². The number of thioether (sulfide) groups is 1. The number of carbonyl (C=O) groups is 4. The minimum absolute atomic E-state index is 0.0348. The van der Waals surface area contributed by atoms with E-state index in [1.54, 1.807) is 23.1 Å². The molecule has 0 saturated heterocycles. The average molecular weight is 439 g/mol. The summed E-state index contributed by atoms with van der Waals surface area (Å²) in [5.74, 6) is -1.21. The molecule has 0 aliphatic carbocycles. The first-order chi connectivity index (χ1) is 14.8. The van der Waals surface area contributed by atoms with Crippen molar-refractivity contribution in [2.24, 2.45) is 0 Å². The molecule has 0 fully saturated rings. The minimum Gasteiger partial charge on any atom is -0.454 e. The molecule has 8 heteroatoms. The molecule has 0 bridgehead atoms. The fourth-order valence-corrected chi connectivity index (χ4v) is 4.89. The number of nitrogens with one attached hydrogen (secondary N) is 1. The molecule has 1 N–H and O–H groups in total. The first kappa shape index (κ1) is 21.1. The van der Waals surface area contributed by atoms with E-state index < -0.39 is 17.3 Å². The van der Waals surface area contributed by atoms with Crippen molar-refractivity contribution in [2.45, 2.75) is 42.9 Å². The van der Waals surface area contributed by atoms with Gasteiger partial charge in [0.25, 0.3) is 0 Å². The number of hydrogen-bond acceptors (Lipinski definition) is 6. The Hall–Kier alpha value is -3.13. The number of esters is 1. The van der Waals surface area contributed by atoms with Crippen LogP contribution in [0.3, 0.4) is 0 Å². The molecule has 0 spiro atoms. The smallest absolute Gasteiger partial charge is 0.308 e. The molecule has 2 aliphatic heterocycles. The number of para-hydroxylation sites is 1. The summed E-state index contributed by atoms with van der Waals surface area (Å²) in [5, 5.41) is 2.18. The second-order valence-electron chi connectivity index (χ2n) is 7.56. The van der Waals surface area contributed by atoms with Gasteiger partial charge in [0.05, 0.1) is 17.4 Å². The fraction of sp³-hybridized carbons (Fsp3) is 0.304. The van der Waals surface area contributed by atoms with Crippen LogP contribution in [-0.4, -0.2) is 41.5 Å². The molecule has 2 aromatic carbocycles. The quantitative estimate of drug-likeness (QED) is 0.569. The molecule has 2 aliphatic rings. The lowest BCUT2D eigenvalue weighted by molar-refractivity contribution is -0.147. The number of rotatable bonds is 5. The molecular weight excluding hydrogens is 416 g/mol. The van der Waals surface area contributed by atoms with Gasteiger partial charge in [0, 0.05) is 29.6 Å². The summed E-state index contributed by atoms with van der Waals surface area (Å²) in [6.07, 6.45) is -0.417. The molecule has 31 heavy (non-hydrogen) atoms. The van der Waals surface area contributed by atoms with Crippen LogP contribution in [0, 0.1) is 0 Å². The van der Waals surface area contributed by atoms with Crippen molar-refractivity contribution in [3.63, 3.8) is 0 Å². The van der Waals surface area contributed by atoms with Gasteiger partial charge in [-0.2, -0.15) is 0 Å². The van der Waals surface area contributed by atoms with Crippen LogP contribution in [0.15, 0.2) is 47.4 Å². The Labute approximate surface area is 184 Å². The van der Waals surface area contributed by atoms with Gasteiger partial charge in [-0.15, -0.1) is 11.8 Å². The van der Waals surface area contributed by atoms with Gasteiger partial charge in [-0.25, -0.2) is 0 Å². The third-order valence-corrected chi connectivity index (χ3v) is 6.65. The van der Waals surface area contributed by atoms with Crippen molar-refractivity contribution in [2.75, 3.05) is 16.8 Å². The van der Waals surface area contributed by atoms with Gasteiger partial charge >= 0.3 is 5.97 Å². The van der Waals surface area contributed by atoms with Crippen LogP contribution in [0.25, 0.3) is 0 Å². The predicted octanol–water partition coefficient (Wildman–Crippen LogP) is 3.21. The summed E-state index contributed by atoms with van der Waals surface area (Å²) in [6.45, 7) is 3.63. The average Bonchev–Trinajstić information content (AvgIpc) is 3.17. The van der Waals surface area contributed by atoms with Crippen molar-refractivity contribution in [1.82, 2.24) is 0 Å². The van der Waals surface area contributed by atoms with Gasteiger partial charge < -0.3 is 15.0 Å². The Kier molecular flexibility index (Phi) is 5.82. The van der Waals surface area contributed by atoms with Crippen LogP contribution in [0.2, 0.25) is 0 Å². The highest BCUT2D eigenvalue weighted by atomic mass is 32.2. The van der Waals surface area contributed by atoms with Crippen molar-refractivity contribution in [3.8, 4) is 0 Å². The highest BCUT2D eigenvalue weighted by Gasteiger charge is 2.31. The number of ether oxygens (including phenoxy) is 1. The second kappa shape index (κ2) is 8.55. The summed E-state index contributed by atoms with van der Waals surface area (Å²) in [6, 6.07) is 12.5. The second-order valence-corrected chi connectivity index (χ2v) is 8.80. The molecule has 2 atom stereocenters. The number of amides is 2. The summed E-state index contributed by atoms with van der Waals surface area (Å²) in [4.78, 5) is 51.7. The number of benzene rings is 2. The largest absolute Gasteiger partial charge is 0.454 e. The van der Waals surface area contributed by atoms with Crippen LogP contribution in [0.4, 0.5) is 11.4 Å². The topological polar surface area (TPSA) is 92.8 Å². The van der Waals surface area contributed by atoms with Gasteiger partial charge in [0.2, 0.25) is 17.6 Å². The minimum atomic E-state index is -0.972. The molecule has 160 valence electrons. The van der Waals surface area contributed by atoms with E-state index in [4.69, 9.17) is 4.74 Å². The van der Waals surface area contributed by atoms with Gasteiger partial charge in [0.15, 0.2) is 6.10 Å². The molecule has 7 nitrogen and oxygen atoms in total. The molecule has 2 heterocycles. The van der Waals surface area contributed by atoms with E-state index in [0.29, 0.717) is 18.5 Å². The van der Waals surface area contributed by atoms with Gasteiger partial charge in [0.1, 0.15) is 0 Å². The molecule has 0 saturated carbocycles. The van der Waals surface area contributed by atoms with Gasteiger partial charge in [-0.05, 0) is 49.2 Å². The lowest BCUT2D eigenvalue weighted by Crippen LogP contribution is -2.33. The number of Topliss-reactive ketones (excluding diaryl/α,β-unsaturated/α-hetero) is 1. The van der Waals surface area contributed by atoms with E-state index >= 15 is 0 Å². The third-order valence-electron chi connectivity index (χ3n) is 5.38. The zero-order valence-electron chi connectivity index (χ0n) is 17.2. The van der Waals surface area contributed by atoms with Crippen LogP contribution < -0.4 is 10.2 Å². The summed E-state index contributed by atoms with van der Waals surface area (Å²) in [7, 11) is 0. The van der Waals surface area contributed by atoms with Crippen LogP contribution in [0.5, 0.6) is 0 Å². The number of fused-ring (bicyclic) bond motifs is 2. The van der Waals surface area contributed by atoms with Crippen molar-refractivity contribution < 1.29 is 23.9 Å². The van der Waals surface area contributed by atoms with E-state index in [1.807, 2.05) is 24.3 Å². The molecule has 0 aromatic heterocycles. The molecule has 2 amide bonds. The lowest BCUT2D eigenvalue weighted by atomic mass is 10.0. The Morgan fingerprint density at radius 1 is 1.23 bits per heavy atom. The fourth-order valence-electron chi connectivity index (χ4n) is 3.79. The highest BCUT2D eigenvalue weighted by molar-refractivity contribution is 8.01. The normalized spacial score (nSPS) is 17.9. The van der Waals surface area contributed by atoms with Gasteiger partial charge in [-0.1, -0.05) is 12.1 Å². The van der Waals surface area contributed by atoms with Crippen LogP contribution >= 0.6 is 11.8 Å². The predicted molar refractivity (Wildman–Crippen MR) is 117 cm³/mol. The van der Waals surface area contributed by atoms with E-state index in [2.05, 4.69) is 5.32 Å². The Bertz CT molecular complexity index is 1080. The number of hydrogen-bond donors (Lipinski definition) is 1. The Balaban J connectivity index is 1.38. The number of carbonyl (C=O) groups excluding carboxylic acids is 4. The zero-order chi connectivity index (χ0) is 22.1. The monoisotopic (exact) mass is 438 g/mol. The van der Waals surface area contributed by atoms with E-state index in [9.17, 15) is 19.2 Å². The lowest BCUT2D eigenvalue weighted by Gasteiger charge is -2.23. The molecule has 2 aromatic rings. The maximum atomic E-state index is 12.8. The van der Waals surface area contributed by atoms with Gasteiger partial charge in [-0.3, -0.25) is 19.2 Å². The SMILES string of the molecule is CC(=O)N1CCc2cc(C(=O)[C@@H](C)OC(=O)C[C@@H]3Sc4ccccc4NC3=O)ccc21. The summed E-state index contributed by atoms with van der Waals surface area (Å²) in [5.41, 5.74) is 2.90. The number of anilines is 2.